The van der Waals surface area contributed by atoms with Gasteiger partial charge in [-0.3, -0.25) is 4.98 Å². The molecule has 1 aromatic carbocycles. The molecule has 0 saturated heterocycles. The van der Waals surface area contributed by atoms with E-state index in [4.69, 9.17) is 4.74 Å². The van der Waals surface area contributed by atoms with Crippen molar-refractivity contribution in [3.8, 4) is 5.75 Å². The Morgan fingerprint density at radius 2 is 1.81 bits per heavy atom. The van der Waals surface area contributed by atoms with Crippen molar-refractivity contribution in [2.45, 2.75) is 20.0 Å². The summed E-state index contributed by atoms with van der Waals surface area (Å²) in [5, 5.41) is 3.19. The summed E-state index contributed by atoms with van der Waals surface area (Å²) >= 11 is 10.4. The van der Waals surface area contributed by atoms with E-state index in [1.54, 1.807) is 12.4 Å². The molecule has 1 aromatic heterocycles. The number of hydrogen-bond donors (Lipinski definition) is 1. The molecular weight excluding hydrogens is 466 g/mol. The first-order valence-electron chi connectivity index (χ1n) is 6.42. The van der Waals surface area contributed by atoms with E-state index in [0.717, 1.165) is 43.6 Å². The van der Waals surface area contributed by atoms with Gasteiger partial charge < -0.3 is 10.1 Å². The number of aromatic nitrogens is 2. The predicted molar refractivity (Wildman–Crippen MR) is 94.7 cm³/mol. The highest BCUT2D eigenvalue weighted by molar-refractivity contribution is 9.11. The third-order valence-corrected chi connectivity index (χ3v) is 4.22. The Balaban J connectivity index is 2.00. The van der Waals surface area contributed by atoms with Crippen LogP contribution in [0.25, 0.3) is 0 Å². The molecule has 0 aliphatic heterocycles. The van der Waals surface area contributed by atoms with Crippen molar-refractivity contribution in [3.63, 3.8) is 0 Å². The average molecular weight is 480 g/mol. The van der Waals surface area contributed by atoms with Crippen LogP contribution in [0.4, 0.5) is 5.82 Å². The number of nitrogens with one attached hydrogen (secondary N) is 1. The van der Waals surface area contributed by atoms with Crippen LogP contribution in [0.3, 0.4) is 0 Å². The van der Waals surface area contributed by atoms with Crippen LogP contribution in [0.1, 0.15) is 19.0 Å². The Bertz CT molecular complexity index is 582. The van der Waals surface area contributed by atoms with Gasteiger partial charge in [0.2, 0.25) is 0 Å². The number of anilines is 1. The van der Waals surface area contributed by atoms with Crippen molar-refractivity contribution in [2.75, 3.05) is 11.9 Å². The summed E-state index contributed by atoms with van der Waals surface area (Å²) < 4.78 is 8.51. The molecule has 0 radical (unpaired) electrons. The van der Waals surface area contributed by atoms with Crippen molar-refractivity contribution in [3.05, 3.63) is 43.6 Å². The maximum Gasteiger partial charge on any atom is 0.148 e. The van der Waals surface area contributed by atoms with Gasteiger partial charge in [0.05, 0.1) is 27.0 Å². The molecule has 0 unspecified atom stereocenters. The minimum atomic E-state index is 0.361. The van der Waals surface area contributed by atoms with Crippen LogP contribution >= 0.6 is 47.8 Å². The zero-order valence-electron chi connectivity index (χ0n) is 11.4. The summed E-state index contributed by atoms with van der Waals surface area (Å²) in [7, 11) is 0. The van der Waals surface area contributed by atoms with E-state index in [1.807, 2.05) is 12.1 Å². The van der Waals surface area contributed by atoms with Crippen LogP contribution in [0, 0.1) is 0 Å². The molecule has 0 aliphatic carbocycles. The third kappa shape index (κ3) is 4.93. The molecule has 0 bridgehead atoms. The Morgan fingerprint density at radius 3 is 2.38 bits per heavy atom. The lowest BCUT2D eigenvalue weighted by Gasteiger charge is -2.10. The van der Waals surface area contributed by atoms with Crippen molar-refractivity contribution in [1.82, 2.24) is 9.97 Å². The zero-order chi connectivity index (χ0) is 15.2. The molecule has 112 valence electrons. The first-order chi connectivity index (χ1) is 10.1. The summed E-state index contributed by atoms with van der Waals surface area (Å²) in [6.45, 7) is 3.36. The second-order valence-corrected chi connectivity index (χ2v) is 6.93. The average Bonchev–Trinajstić information content (AvgIpc) is 2.45. The van der Waals surface area contributed by atoms with Gasteiger partial charge in [-0.15, -0.1) is 0 Å². The first-order valence-corrected chi connectivity index (χ1v) is 8.80. The number of nitrogens with zero attached hydrogens (tertiary/aromatic N) is 2. The van der Waals surface area contributed by atoms with Crippen LogP contribution in [-0.4, -0.2) is 16.5 Å². The van der Waals surface area contributed by atoms with Crippen molar-refractivity contribution < 1.29 is 4.74 Å². The number of hydrogen-bond acceptors (Lipinski definition) is 4. The standard InChI is InChI=1S/C14H14Br3N3O/c1-2-3-18-13-7-19-10(6-20-13)8-21-14-11(16)4-9(15)5-12(14)17/h4-7H,2-3,8H2,1H3,(H,18,20). The summed E-state index contributed by atoms with van der Waals surface area (Å²) in [5.74, 6) is 1.53. The fourth-order valence-corrected chi connectivity index (χ4v) is 4.07. The van der Waals surface area contributed by atoms with Crippen LogP contribution in [-0.2, 0) is 6.61 Å². The number of benzene rings is 1. The monoisotopic (exact) mass is 477 g/mol. The molecule has 2 rings (SSSR count). The van der Waals surface area contributed by atoms with Gasteiger partial charge in [-0.2, -0.15) is 0 Å². The minimum absolute atomic E-state index is 0.361. The Labute approximate surface area is 149 Å². The second-order valence-electron chi connectivity index (χ2n) is 4.31. The topological polar surface area (TPSA) is 47.0 Å². The first kappa shape index (κ1) is 16.7. The highest BCUT2D eigenvalue weighted by atomic mass is 79.9. The Morgan fingerprint density at radius 1 is 1.10 bits per heavy atom. The maximum atomic E-state index is 5.79. The van der Waals surface area contributed by atoms with Gasteiger partial charge >= 0.3 is 0 Å². The van der Waals surface area contributed by atoms with E-state index in [0.29, 0.717) is 6.61 Å². The summed E-state index contributed by atoms with van der Waals surface area (Å²) in [5.41, 5.74) is 0.777. The molecule has 0 saturated carbocycles. The lowest BCUT2D eigenvalue weighted by atomic mass is 10.3. The van der Waals surface area contributed by atoms with E-state index >= 15 is 0 Å². The number of halogens is 3. The van der Waals surface area contributed by atoms with E-state index in [1.165, 1.54) is 0 Å². The van der Waals surface area contributed by atoms with Crippen molar-refractivity contribution in [1.29, 1.82) is 0 Å². The fraction of sp³-hybridized carbons (Fsp3) is 0.286. The molecule has 21 heavy (non-hydrogen) atoms. The fourth-order valence-electron chi connectivity index (χ4n) is 1.59. The number of ether oxygens (including phenoxy) is 1. The van der Waals surface area contributed by atoms with Gasteiger partial charge in [-0.05, 0) is 50.4 Å². The Hall–Kier alpha value is -0.660. The molecule has 0 aliphatic rings. The summed E-state index contributed by atoms with van der Waals surface area (Å²) in [4.78, 5) is 8.64. The normalized spacial score (nSPS) is 10.5. The summed E-state index contributed by atoms with van der Waals surface area (Å²) in [6, 6.07) is 3.87. The molecule has 2 aromatic rings. The van der Waals surface area contributed by atoms with E-state index in [2.05, 4.69) is 70.0 Å². The van der Waals surface area contributed by atoms with Crippen LogP contribution in [0.15, 0.2) is 37.9 Å². The zero-order valence-corrected chi connectivity index (χ0v) is 16.1. The molecule has 4 nitrogen and oxygen atoms in total. The lowest BCUT2D eigenvalue weighted by molar-refractivity contribution is 0.297. The molecule has 0 spiro atoms. The lowest BCUT2D eigenvalue weighted by Crippen LogP contribution is -2.05. The van der Waals surface area contributed by atoms with Crippen LogP contribution in [0.5, 0.6) is 5.75 Å². The summed E-state index contributed by atoms with van der Waals surface area (Å²) in [6.07, 6.45) is 4.50. The molecule has 1 N–H and O–H groups in total. The second kappa shape index (κ2) is 8.10. The smallest absolute Gasteiger partial charge is 0.148 e. The van der Waals surface area contributed by atoms with Gasteiger partial charge in [0.1, 0.15) is 18.2 Å². The van der Waals surface area contributed by atoms with Crippen LogP contribution in [0.2, 0.25) is 0 Å². The predicted octanol–water partition coefficient (Wildman–Crippen LogP) is 5.17. The molecule has 7 heteroatoms. The molecular formula is C14H14Br3N3O. The van der Waals surface area contributed by atoms with Crippen LogP contribution < -0.4 is 10.1 Å². The van der Waals surface area contributed by atoms with Gasteiger partial charge in [-0.25, -0.2) is 4.98 Å². The van der Waals surface area contributed by atoms with E-state index < -0.39 is 0 Å². The van der Waals surface area contributed by atoms with Gasteiger partial charge in [0, 0.05) is 11.0 Å². The largest absolute Gasteiger partial charge is 0.485 e. The highest BCUT2D eigenvalue weighted by Crippen LogP contribution is 2.36. The quantitative estimate of drug-likeness (QED) is 0.621. The van der Waals surface area contributed by atoms with Gasteiger partial charge in [0.15, 0.2) is 0 Å². The van der Waals surface area contributed by atoms with Crippen molar-refractivity contribution >= 4 is 53.6 Å². The number of rotatable bonds is 6. The van der Waals surface area contributed by atoms with E-state index in [9.17, 15) is 0 Å². The molecule has 0 fully saturated rings. The van der Waals surface area contributed by atoms with Crippen molar-refractivity contribution in [2.24, 2.45) is 0 Å². The minimum Gasteiger partial charge on any atom is -0.485 e. The Kier molecular flexibility index (Phi) is 6.44. The molecule has 0 atom stereocenters. The molecule has 1 heterocycles. The maximum absolute atomic E-state index is 5.79. The third-order valence-electron chi connectivity index (χ3n) is 2.59. The van der Waals surface area contributed by atoms with E-state index in [-0.39, 0.29) is 0 Å². The molecule has 0 amide bonds. The highest BCUT2D eigenvalue weighted by Gasteiger charge is 2.09. The van der Waals surface area contributed by atoms with Gasteiger partial charge in [0.25, 0.3) is 0 Å². The van der Waals surface area contributed by atoms with Gasteiger partial charge in [-0.1, -0.05) is 22.9 Å². The SMILES string of the molecule is CCCNc1cnc(COc2c(Br)cc(Br)cc2Br)cn1.